The van der Waals surface area contributed by atoms with Gasteiger partial charge in [-0.3, -0.25) is 4.79 Å². The average molecular weight is 307 g/mol. The van der Waals surface area contributed by atoms with Gasteiger partial charge < -0.3 is 19.4 Å². The van der Waals surface area contributed by atoms with E-state index in [1.54, 1.807) is 6.92 Å². The van der Waals surface area contributed by atoms with Crippen LogP contribution in [0.15, 0.2) is 30.5 Å². The average Bonchev–Trinajstić information content (AvgIpc) is 2.86. The first-order chi connectivity index (χ1) is 10.5. The topological polar surface area (TPSA) is 87.3 Å². The normalized spacial score (nSPS) is 10.5. The van der Waals surface area contributed by atoms with E-state index in [0.717, 1.165) is 0 Å². The second-order valence-corrected chi connectivity index (χ2v) is 4.63. The Bertz CT molecular complexity index is 682. The van der Waals surface area contributed by atoms with Crippen molar-refractivity contribution in [2.75, 3.05) is 0 Å². The minimum absolute atomic E-state index is 0.0577. The lowest BCUT2D eigenvalue weighted by Gasteiger charge is -2.05. The molecule has 0 bridgehead atoms. The fraction of sp³-hybridized carbons (Fsp3) is 0.286. The van der Waals surface area contributed by atoms with Crippen LogP contribution in [0.2, 0.25) is 0 Å². The van der Waals surface area contributed by atoms with E-state index >= 15 is 0 Å². The Kier molecular flexibility index (Phi) is 4.82. The van der Waals surface area contributed by atoms with Gasteiger partial charge in [-0.05, 0) is 27.6 Å². The molecule has 0 spiro atoms. The number of carbonyl (C=O) groups excluding carboxylic acids is 1. The standard InChI is InChI=1S/C14H14FN3O4/c1-10-16-13(18(20)21)8-17(10)7-6-14(19)22-9-11-2-4-12(15)5-3-11/h2-5,8H,6-7,9H2,1H3. The van der Waals surface area contributed by atoms with E-state index in [9.17, 15) is 19.3 Å². The molecule has 0 saturated heterocycles. The fourth-order valence-corrected chi connectivity index (χ4v) is 1.83. The maximum atomic E-state index is 12.7. The van der Waals surface area contributed by atoms with E-state index < -0.39 is 10.9 Å². The number of aromatic nitrogens is 2. The number of ether oxygens (including phenoxy) is 1. The number of rotatable bonds is 6. The molecule has 0 N–H and O–H groups in total. The highest BCUT2D eigenvalue weighted by Gasteiger charge is 2.15. The van der Waals surface area contributed by atoms with Crippen molar-refractivity contribution in [3.63, 3.8) is 0 Å². The molecular formula is C14H14FN3O4. The van der Waals surface area contributed by atoms with Crippen LogP contribution in [0.3, 0.4) is 0 Å². The van der Waals surface area contributed by atoms with Crippen LogP contribution in [0.5, 0.6) is 0 Å². The lowest BCUT2D eigenvalue weighted by atomic mass is 10.2. The van der Waals surface area contributed by atoms with Crippen molar-refractivity contribution in [1.82, 2.24) is 9.55 Å². The largest absolute Gasteiger partial charge is 0.461 e. The van der Waals surface area contributed by atoms with Crippen LogP contribution in [-0.2, 0) is 22.7 Å². The van der Waals surface area contributed by atoms with E-state index in [2.05, 4.69) is 4.98 Å². The van der Waals surface area contributed by atoms with Gasteiger partial charge in [0.25, 0.3) is 0 Å². The van der Waals surface area contributed by atoms with Crippen molar-refractivity contribution < 1.29 is 18.8 Å². The van der Waals surface area contributed by atoms with Gasteiger partial charge in [-0.15, -0.1) is 0 Å². The maximum absolute atomic E-state index is 12.7. The number of hydrogen-bond donors (Lipinski definition) is 0. The summed E-state index contributed by atoms with van der Waals surface area (Å²) in [4.78, 5) is 25.4. The second kappa shape index (κ2) is 6.79. The molecule has 0 radical (unpaired) electrons. The van der Waals surface area contributed by atoms with Gasteiger partial charge in [-0.1, -0.05) is 12.1 Å². The van der Waals surface area contributed by atoms with Crippen LogP contribution in [0.25, 0.3) is 0 Å². The Hall–Kier alpha value is -2.77. The van der Waals surface area contributed by atoms with E-state index in [0.29, 0.717) is 11.4 Å². The van der Waals surface area contributed by atoms with Crippen LogP contribution in [0, 0.1) is 22.9 Å². The minimum Gasteiger partial charge on any atom is -0.461 e. The molecule has 0 unspecified atom stereocenters. The summed E-state index contributed by atoms with van der Waals surface area (Å²) in [7, 11) is 0. The number of carbonyl (C=O) groups is 1. The molecule has 0 aliphatic carbocycles. The lowest BCUT2D eigenvalue weighted by molar-refractivity contribution is -0.389. The van der Waals surface area contributed by atoms with Crippen LogP contribution in [0.4, 0.5) is 10.2 Å². The van der Waals surface area contributed by atoms with Crippen LogP contribution in [0.1, 0.15) is 17.8 Å². The fourth-order valence-electron chi connectivity index (χ4n) is 1.83. The first kappa shape index (κ1) is 15.6. The molecule has 1 heterocycles. The number of nitro groups is 1. The summed E-state index contributed by atoms with van der Waals surface area (Å²) in [6.07, 6.45) is 1.35. The van der Waals surface area contributed by atoms with Crippen molar-refractivity contribution in [1.29, 1.82) is 0 Å². The van der Waals surface area contributed by atoms with E-state index in [1.165, 1.54) is 35.0 Å². The second-order valence-electron chi connectivity index (χ2n) is 4.63. The molecule has 0 amide bonds. The summed E-state index contributed by atoms with van der Waals surface area (Å²) in [6.45, 7) is 1.92. The summed E-state index contributed by atoms with van der Waals surface area (Å²) in [5.41, 5.74) is 0.684. The van der Waals surface area contributed by atoms with Gasteiger partial charge in [0, 0.05) is 13.5 Å². The predicted molar refractivity (Wildman–Crippen MR) is 74.4 cm³/mol. The molecule has 8 heteroatoms. The Morgan fingerprint density at radius 2 is 2.09 bits per heavy atom. The summed E-state index contributed by atoms with van der Waals surface area (Å²) in [5.74, 6) is -0.595. The zero-order valence-electron chi connectivity index (χ0n) is 11.9. The number of esters is 1. The van der Waals surface area contributed by atoms with Crippen molar-refractivity contribution in [2.24, 2.45) is 0 Å². The Labute approximate surface area is 125 Å². The zero-order valence-corrected chi connectivity index (χ0v) is 11.9. The third kappa shape index (κ3) is 4.11. The van der Waals surface area contributed by atoms with Crippen molar-refractivity contribution in [2.45, 2.75) is 26.5 Å². The lowest BCUT2D eigenvalue weighted by Crippen LogP contribution is -2.09. The molecule has 7 nitrogen and oxygen atoms in total. The molecular weight excluding hydrogens is 293 g/mol. The smallest absolute Gasteiger partial charge is 0.381 e. The summed E-state index contributed by atoms with van der Waals surface area (Å²) in [5, 5.41) is 10.6. The SMILES string of the molecule is Cc1nc([N+](=O)[O-])cn1CCC(=O)OCc1ccc(F)cc1. The van der Waals surface area contributed by atoms with Crippen molar-refractivity contribution >= 4 is 11.8 Å². The first-order valence-electron chi connectivity index (χ1n) is 6.54. The Balaban J connectivity index is 1.82. The van der Waals surface area contributed by atoms with Crippen LogP contribution in [-0.4, -0.2) is 20.4 Å². The summed E-state index contributed by atoms with van der Waals surface area (Å²) < 4.78 is 19.3. The van der Waals surface area contributed by atoms with E-state index in [-0.39, 0.29) is 31.2 Å². The molecule has 22 heavy (non-hydrogen) atoms. The number of imidazole rings is 1. The quantitative estimate of drug-likeness (QED) is 0.464. The third-order valence-corrected chi connectivity index (χ3v) is 3.02. The van der Waals surface area contributed by atoms with Gasteiger partial charge in [-0.2, -0.15) is 0 Å². The van der Waals surface area contributed by atoms with Gasteiger partial charge in [0.05, 0.1) is 6.42 Å². The monoisotopic (exact) mass is 307 g/mol. The van der Waals surface area contributed by atoms with Gasteiger partial charge in [0.15, 0.2) is 0 Å². The molecule has 2 aromatic rings. The van der Waals surface area contributed by atoms with Crippen LogP contribution < -0.4 is 0 Å². The van der Waals surface area contributed by atoms with E-state index in [4.69, 9.17) is 4.74 Å². The zero-order chi connectivity index (χ0) is 16.1. The molecule has 0 aliphatic rings. The highest BCUT2D eigenvalue weighted by atomic mass is 19.1. The minimum atomic E-state index is -0.587. The van der Waals surface area contributed by atoms with Gasteiger partial charge >= 0.3 is 11.8 Å². The molecule has 0 saturated carbocycles. The molecule has 0 atom stereocenters. The van der Waals surface area contributed by atoms with Gasteiger partial charge in [0.2, 0.25) is 5.82 Å². The highest BCUT2D eigenvalue weighted by molar-refractivity contribution is 5.69. The summed E-state index contributed by atoms with van der Waals surface area (Å²) >= 11 is 0. The van der Waals surface area contributed by atoms with Crippen molar-refractivity contribution in [3.05, 3.63) is 57.8 Å². The van der Waals surface area contributed by atoms with Gasteiger partial charge in [0.1, 0.15) is 18.6 Å². The number of halogens is 1. The maximum Gasteiger partial charge on any atom is 0.381 e. The first-order valence-corrected chi connectivity index (χ1v) is 6.54. The highest BCUT2D eigenvalue weighted by Crippen LogP contribution is 2.11. The molecule has 1 aromatic heterocycles. The molecule has 2 rings (SSSR count). The third-order valence-electron chi connectivity index (χ3n) is 3.02. The number of benzene rings is 1. The molecule has 0 aliphatic heterocycles. The number of aryl methyl sites for hydroxylation is 2. The van der Waals surface area contributed by atoms with Crippen LogP contribution >= 0.6 is 0 Å². The predicted octanol–water partition coefficient (Wildman–Crippen LogP) is 2.37. The number of nitrogens with zero attached hydrogens (tertiary/aromatic N) is 3. The van der Waals surface area contributed by atoms with Gasteiger partial charge in [-0.25, -0.2) is 4.39 Å². The number of hydrogen-bond acceptors (Lipinski definition) is 5. The van der Waals surface area contributed by atoms with E-state index in [1.807, 2.05) is 0 Å². The molecule has 0 fully saturated rings. The van der Waals surface area contributed by atoms with Crippen molar-refractivity contribution in [3.8, 4) is 0 Å². The Morgan fingerprint density at radius 1 is 1.41 bits per heavy atom. The molecule has 1 aromatic carbocycles. The Morgan fingerprint density at radius 3 is 2.68 bits per heavy atom. The summed E-state index contributed by atoms with van der Waals surface area (Å²) in [6, 6.07) is 5.65. The molecule has 116 valence electrons.